The van der Waals surface area contributed by atoms with E-state index in [0.717, 1.165) is 7.11 Å². The zero-order valence-electron chi connectivity index (χ0n) is 7.43. The maximum Gasteiger partial charge on any atom is 0.421 e. The van der Waals surface area contributed by atoms with E-state index in [4.69, 9.17) is 10.2 Å². The van der Waals surface area contributed by atoms with Crippen molar-refractivity contribution in [3.8, 4) is 0 Å². The highest BCUT2D eigenvalue weighted by Crippen LogP contribution is 1.86. The van der Waals surface area contributed by atoms with E-state index in [1.807, 2.05) is 4.72 Å². The van der Waals surface area contributed by atoms with Crippen LogP contribution in [0.3, 0.4) is 0 Å². The van der Waals surface area contributed by atoms with Crippen molar-refractivity contribution in [3.63, 3.8) is 0 Å². The number of nitrogens with one attached hydrogen (secondary N) is 2. The molecular formula is C5H12N2O6S. The van der Waals surface area contributed by atoms with E-state index >= 15 is 0 Å². The van der Waals surface area contributed by atoms with E-state index in [1.165, 1.54) is 4.72 Å². The van der Waals surface area contributed by atoms with Gasteiger partial charge in [0.15, 0.2) is 0 Å². The standard InChI is InChI=1S/C5H12N2O6S/c1-13-5(10)7-14(11,12)6-4(2-8)3-9/h4,6,8-9H,2-3H2,1H3,(H,7,10). The lowest BCUT2D eigenvalue weighted by atomic mass is 10.4. The normalized spacial score (nSPS) is 11.4. The smallest absolute Gasteiger partial charge is 0.421 e. The Bertz CT molecular complexity index is 272. The highest BCUT2D eigenvalue weighted by atomic mass is 32.2. The first kappa shape index (κ1) is 13.1. The van der Waals surface area contributed by atoms with Crippen LogP contribution in [-0.4, -0.2) is 51.1 Å². The molecule has 9 heteroatoms. The molecule has 0 bridgehead atoms. The Morgan fingerprint density at radius 1 is 1.43 bits per heavy atom. The number of carbonyl (C=O) groups is 1. The molecule has 0 heterocycles. The Labute approximate surface area is 81.1 Å². The molecule has 0 aromatic rings. The lowest BCUT2D eigenvalue weighted by Crippen LogP contribution is -2.47. The van der Waals surface area contributed by atoms with Gasteiger partial charge in [0.1, 0.15) is 0 Å². The average molecular weight is 228 g/mol. The Morgan fingerprint density at radius 2 is 1.93 bits per heavy atom. The van der Waals surface area contributed by atoms with Crippen molar-refractivity contribution in [1.82, 2.24) is 9.44 Å². The van der Waals surface area contributed by atoms with Crippen molar-refractivity contribution in [2.24, 2.45) is 0 Å². The van der Waals surface area contributed by atoms with E-state index in [1.54, 1.807) is 0 Å². The van der Waals surface area contributed by atoms with Crippen LogP contribution in [0.25, 0.3) is 0 Å². The van der Waals surface area contributed by atoms with Gasteiger partial charge < -0.3 is 14.9 Å². The third kappa shape index (κ3) is 4.97. The van der Waals surface area contributed by atoms with Gasteiger partial charge in [-0.25, -0.2) is 9.52 Å². The van der Waals surface area contributed by atoms with Crippen molar-refractivity contribution in [3.05, 3.63) is 0 Å². The van der Waals surface area contributed by atoms with Crippen molar-refractivity contribution >= 4 is 16.3 Å². The van der Waals surface area contributed by atoms with Gasteiger partial charge in [0.2, 0.25) is 0 Å². The summed E-state index contributed by atoms with van der Waals surface area (Å²) >= 11 is 0. The van der Waals surface area contributed by atoms with E-state index in [2.05, 4.69) is 4.74 Å². The number of aliphatic hydroxyl groups is 2. The van der Waals surface area contributed by atoms with E-state index < -0.39 is 35.6 Å². The summed E-state index contributed by atoms with van der Waals surface area (Å²) in [7, 11) is -3.11. The molecular weight excluding hydrogens is 216 g/mol. The second-order valence-corrected chi connectivity index (χ2v) is 3.72. The van der Waals surface area contributed by atoms with Crippen LogP contribution >= 0.6 is 0 Å². The molecule has 0 spiro atoms. The van der Waals surface area contributed by atoms with Crippen LogP contribution in [0.2, 0.25) is 0 Å². The minimum Gasteiger partial charge on any atom is -0.452 e. The molecule has 4 N–H and O–H groups in total. The third-order valence-electron chi connectivity index (χ3n) is 1.17. The van der Waals surface area contributed by atoms with Gasteiger partial charge >= 0.3 is 16.3 Å². The second kappa shape index (κ2) is 5.75. The maximum absolute atomic E-state index is 11.0. The molecule has 0 saturated heterocycles. The first-order valence-electron chi connectivity index (χ1n) is 3.55. The van der Waals surface area contributed by atoms with Crippen LogP contribution in [0, 0.1) is 0 Å². The van der Waals surface area contributed by atoms with Crippen LogP contribution in [0.4, 0.5) is 4.79 Å². The van der Waals surface area contributed by atoms with Crippen LogP contribution < -0.4 is 9.44 Å². The molecule has 0 aromatic heterocycles. The molecule has 0 aliphatic heterocycles. The lowest BCUT2D eigenvalue weighted by Gasteiger charge is -2.13. The predicted molar refractivity (Wildman–Crippen MR) is 45.6 cm³/mol. The second-order valence-electron chi connectivity index (χ2n) is 2.28. The average Bonchev–Trinajstić information content (AvgIpc) is 2.13. The van der Waals surface area contributed by atoms with Crippen molar-refractivity contribution in [2.75, 3.05) is 20.3 Å². The first-order valence-corrected chi connectivity index (χ1v) is 5.03. The first-order chi connectivity index (χ1) is 6.45. The fourth-order valence-corrected chi connectivity index (χ4v) is 1.48. The van der Waals surface area contributed by atoms with Crippen LogP contribution in [0.15, 0.2) is 0 Å². The van der Waals surface area contributed by atoms with Gasteiger partial charge in [-0.05, 0) is 0 Å². The number of hydrogen-bond acceptors (Lipinski definition) is 6. The molecule has 0 aromatic carbocycles. The molecule has 0 fully saturated rings. The summed E-state index contributed by atoms with van der Waals surface area (Å²) in [4.78, 5) is 10.5. The Kier molecular flexibility index (Phi) is 5.38. The fourth-order valence-electron chi connectivity index (χ4n) is 0.533. The number of methoxy groups -OCH3 is 1. The summed E-state index contributed by atoms with van der Waals surface area (Å²) in [6.07, 6.45) is -1.16. The van der Waals surface area contributed by atoms with E-state index in [9.17, 15) is 13.2 Å². The molecule has 0 aliphatic carbocycles. The molecule has 0 radical (unpaired) electrons. The molecule has 0 unspecified atom stereocenters. The van der Waals surface area contributed by atoms with Crippen LogP contribution in [0.5, 0.6) is 0 Å². The van der Waals surface area contributed by atoms with Gasteiger partial charge in [0, 0.05) is 0 Å². The quantitative estimate of drug-likeness (QED) is 0.413. The molecule has 14 heavy (non-hydrogen) atoms. The minimum absolute atomic E-state index is 0.585. The van der Waals surface area contributed by atoms with Crippen LogP contribution in [-0.2, 0) is 14.9 Å². The van der Waals surface area contributed by atoms with Gasteiger partial charge in [-0.1, -0.05) is 0 Å². The van der Waals surface area contributed by atoms with E-state index in [0.29, 0.717) is 0 Å². The SMILES string of the molecule is COC(=O)NS(=O)(=O)NC(CO)CO. The minimum atomic E-state index is -4.11. The number of carbonyl (C=O) groups excluding carboxylic acids is 1. The number of hydrogen-bond donors (Lipinski definition) is 4. The Morgan fingerprint density at radius 3 is 2.29 bits per heavy atom. The van der Waals surface area contributed by atoms with Crippen molar-refractivity contribution in [1.29, 1.82) is 0 Å². The highest BCUT2D eigenvalue weighted by Gasteiger charge is 2.18. The van der Waals surface area contributed by atoms with Crippen molar-refractivity contribution < 1.29 is 28.2 Å². The highest BCUT2D eigenvalue weighted by molar-refractivity contribution is 7.88. The largest absolute Gasteiger partial charge is 0.452 e. The molecule has 8 nitrogen and oxygen atoms in total. The summed E-state index contributed by atoms with van der Waals surface area (Å²) in [6.45, 7) is -1.17. The third-order valence-corrected chi connectivity index (χ3v) is 2.24. The number of rotatable bonds is 5. The summed E-state index contributed by atoms with van der Waals surface area (Å²) in [5, 5.41) is 17.1. The molecule has 0 aliphatic rings. The fraction of sp³-hybridized carbons (Fsp3) is 0.800. The Balaban J connectivity index is 4.27. The van der Waals surface area contributed by atoms with Crippen molar-refractivity contribution in [2.45, 2.75) is 6.04 Å². The summed E-state index contributed by atoms with van der Waals surface area (Å²) in [5.74, 6) is 0. The van der Waals surface area contributed by atoms with Gasteiger partial charge in [0.05, 0.1) is 26.4 Å². The zero-order valence-corrected chi connectivity index (χ0v) is 8.24. The number of amides is 1. The molecule has 0 rings (SSSR count). The molecule has 1 amide bonds. The summed E-state index contributed by atoms with van der Waals surface area (Å²) in [6, 6.07) is -1.06. The maximum atomic E-state index is 11.0. The zero-order chi connectivity index (χ0) is 11.2. The summed E-state index contributed by atoms with van der Waals surface area (Å²) < 4.78 is 29.3. The molecule has 84 valence electrons. The van der Waals surface area contributed by atoms with E-state index in [-0.39, 0.29) is 0 Å². The lowest BCUT2D eigenvalue weighted by molar-refractivity contribution is 0.175. The topological polar surface area (TPSA) is 125 Å². The summed E-state index contributed by atoms with van der Waals surface area (Å²) in [5.41, 5.74) is 0. The number of ether oxygens (including phenoxy) is 1. The van der Waals surface area contributed by atoms with Gasteiger partial charge in [-0.15, -0.1) is 0 Å². The monoisotopic (exact) mass is 228 g/mol. The molecule has 0 atom stereocenters. The Hall–Kier alpha value is -0.900. The van der Waals surface area contributed by atoms with Gasteiger partial charge in [0.25, 0.3) is 0 Å². The van der Waals surface area contributed by atoms with Gasteiger partial charge in [-0.3, -0.25) is 0 Å². The number of aliphatic hydroxyl groups excluding tert-OH is 2. The van der Waals surface area contributed by atoms with Crippen LogP contribution in [0.1, 0.15) is 0 Å². The predicted octanol–water partition coefficient (Wildman–Crippen LogP) is -2.47. The van der Waals surface area contributed by atoms with Gasteiger partial charge in [-0.2, -0.15) is 13.1 Å². The molecule has 0 saturated carbocycles.